The van der Waals surface area contributed by atoms with E-state index in [0.29, 0.717) is 18.1 Å². The number of aromatic nitrogens is 1. The number of urea groups is 1. The molecule has 0 bridgehead atoms. The van der Waals surface area contributed by atoms with Crippen LogP contribution >= 0.6 is 0 Å². The van der Waals surface area contributed by atoms with Crippen LogP contribution in [0.2, 0.25) is 0 Å². The molecule has 1 heterocycles. The molecular formula is C12H15N3O2. The van der Waals surface area contributed by atoms with Gasteiger partial charge in [0, 0.05) is 19.2 Å². The molecule has 0 aliphatic carbocycles. The van der Waals surface area contributed by atoms with E-state index in [1.165, 1.54) is 0 Å². The lowest BCUT2D eigenvalue weighted by molar-refractivity contribution is 0.252. The first-order valence-corrected chi connectivity index (χ1v) is 5.61. The Kier molecular flexibility index (Phi) is 3.27. The van der Waals surface area contributed by atoms with Gasteiger partial charge in [-0.3, -0.25) is 0 Å². The third kappa shape index (κ3) is 2.75. The molecule has 0 atom stereocenters. The molecule has 2 amide bonds. The molecule has 0 unspecified atom stereocenters. The van der Waals surface area contributed by atoms with Crippen molar-refractivity contribution in [3.05, 3.63) is 24.1 Å². The van der Waals surface area contributed by atoms with Crippen molar-refractivity contribution in [2.45, 2.75) is 20.3 Å². The van der Waals surface area contributed by atoms with Crippen molar-refractivity contribution in [2.24, 2.45) is 0 Å². The van der Waals surface area contributed by atoms with Crippen molar-refractivity contribution in [1.82, 2.24) is 10.3 Å². The van der Waals surface area contributed by atoms with Crippen molar-refractivity contribution in [1.29, 1.82) is 0 Å². The first kappa shape index (κ1) is 11.4. The lowest BCUT2D eigenvalue weighted by Gasteiger charge is -2.05. The first-order valence-electron chi connectivity index (χ1n) is 5.61. The number of carbonyl (C=O) groups excluding carboxylic acids is 1. The van der Waals surface area contributed by atoms with Crippen molar-refractivity contribution in [3.8, 4) is 0 Å². The maximum atomic E-state index is 11.4. The second-order valence-electron chi connectivity index (χ2n) is 3.80. The molecule has 5 nitrogen and oxygen atoms in total. The molecule has 0 aliphatic heterocycles. The minimum atomic E-state index is -0.202. The number of hydrogen-bond acceptors (Lipinski definition) is 3. The molecule has 0 saturated heterocycles. The zero-order valence-electron chi connectivity index (χ0n) is 9.91. The van der Waals surface area contributed by atoms with Gasteiger partial charge in [0.2, 0.25) is 0 Å². The van der Waals surface area contributed by atoms with Crippen molar-refractivity contribution in [2.75, 3.05) is 11.9 Å². The van der Waals surface area contributed by atoms with Crippen molar-refractivity contribution >= 4 is 22.8 Å². The Balaban J connectivity index is 2.10. The number of fused-ring (bicyclic) bond motifs is 1. The zero-order chi connectivity index (χ0) is 12.3. The van der Waals surface area contributed by atoms with Crippen LogP contribution in [-0.4, -0.2) is 17.6 Å². The molecule has 17 heavy (non-hydrogen) atoms. The molecule has 0 radical (unpaired) electrons. The Hall–Kier alpha value is -2.04. The average molecular weight is 233 g/mol. The normalized spacial score (nSPS) is 10.5. The van der Waals surface area contributed by atoms with Crippen LogP contribution in [0.4, 0.5) is 10.5 Å². The summed E-state index contributed by atoms with van der Waals surface area (Å²) in [5.41, 5.74) is 2.18. The highest BCUT2D eigenvalue weighted by molar-refractivity contribution is 5.91. The molecule has 0 spiro atoms. The molecule has 2 N–H and O–H groups in total. The molecule has 90 valence electrons. The fourth-order valence-corrected chi connectivity index (χ4v) is 1.53. The van der Waals surface area contributed by atoms with Crippen LogP contribution in [0.3, 0.4) is 0 Å². The van der Waals surface area contributed by atoms with Gasteiger partial charge in [-0.15, -0.1) is 0 Å². The standard InChI is InChI=1S/C12H15N3O2/c1-3-6-13-12(16)15-9-4-5-11-10(7-9)14-8(2)17-11/h4-5,7H,3,6H2,1-2H3,(H2,13,15,16). The lowest BCUT2D eigenvalue weighted by Crippen LogP contribution is -2.29. The SMILES string of the molecule is CCCNC(=O)Nc1ccc2oc(C)nc2c1. The van der Waals surface area contributed by atoms with E-state index in [4.69, 9.17) is 4.42 Å². The highest BCUT2D eigenvalue weighted by Crippen LogP contribution is 2.19. The summed E-state index contributed by atoms with van der Waals surface area (Å²) in [6.07, 6.45) is 0.912. The Morgan fingerprint density at radius 1 is 1.47 bits per heavy atom. The van der Waals surface area contributed by atoms with E-state index in [1.54, 1.807) is 25.1 Å². The smallest absolute Gasteiger partial charge is 0.319 e. The number of hydrogen-bond donors (Lipinski definition) is 2. The first-order chi connectivity index (χ1) is 8.19. The molecule has 2 aromatic rings. The summed E-state index contributed by atoms with van der Waals surface area (Å²) >= 11 is 0. The maximum absolute atomic E-state index is 11.4. The minimum Gasteiger partial charge on any atom is -0.441 e. The van der Waals surface area contributed by atoms with Crippen LogP contribution in [0.5, 0.6) is 0 Å². The summed E-state index contributed by atoms with van der Waals surface area (Å²) in [5.74, 6) is 0.618. The Morgan fingerprint density at radius 3 is 3.06 bits per heavy atom. The summed E-state index contributed by atoms with van der Waals surface area (Å²) < 4.78 is 5.35. The van der Waals surface area contributed by atoms with E-state index in [2.05, 4.69) is 15.6 Å². The molecule has 2 rings (SSSR count). The van der Waals surface area contributed by atoms with E-state index >= 15 is 0 Å². The Bertz CT molecular complexity index is 534. The fourth-order valence-electron chi connectivity index (χ4n) is 1.53. The monoisotopic (exact) mass is 233 g/mol. The molecule has 5 heteroatoms. The summed E-state index contributed by atoms with van der Waals surface area (Å²) in [6, 6.07) is 5.17. The topological polar surface area (TPSA) is 67.2 Å². The van der Waals surface area contributed by atoms with Gasteiger partial charge in [0.15, 0.2) is 11.5 Å². The third-order valence-corrected chi connectivity index (χ3v) is 2.29. The molecule has 0 aliphatic rings. The van der Waals surface area contributed by atoms with Crippen LogP contribution in [0.15, 0.2) is 22.6 Å². The number of amides is 2. The Labute approximate surface area is 99.2 Å². The maximum Gasteiger partial charge on any atom is 0.319 e. The number of benzene rings is 1. The average Bonchev–Trinajstić information content (AvgIpc) is 2.65. The molecule has 1 aromatic heterocycles. The third-order valence-electron chi connectivity index (χ3n) is 2.29. The zero-order valence-corrected chi connectivity index (χ0v) is 9.91. The van der Waals surface area contributed by atoms with Crippen LogP contribution in [0.1, 0.15) is 19.2 Å². The molecule has 0 fully saturated rings. The quantitative estimate of drug-likeness (QED) is 0.856. The molecule has 0 saturated carbocycles. The summed E-state index contributed by atoms with van der Waals surface area (Å²) in [4.78, 5) is 15.7. The summed E-state index contributed by atoms with van der Waals surface area (Å²) in [6.45, 7) is 4.46. The summed E-state index contributed by atoms with van der Waals surface area (Å²) in [5, 5.41) is 5.49. The van der Waals surface area contributed by atoms with Gasteiger partial charge in [-0.1, -0.05) is 6.92 Å². The predicted octanol–water partition coefficient (Wildman–Crippen LogP) is 2.67. The Morgan fingerprint density at radius 2 is 2.29 bits per heavy atom. The van der Waals surface area contributed by atoms with Gasteiger partial charge >= 0.3 is 6.03 Å². The second kappa shape index (κ2) is 4.86. The van der Waals surface area contributed by atoms with Crippen LogP contribution in [0, 0.1) is 6.92 Å². The number of rotatable bonds is 3. The number of aryl methyl sites for hydroxylation is 1. The van der Waals surface area contributed by atoms with Gasteiger partial charge in [-0.25, -0.2) is 9.78 Å². The van der Waals surface area contributed by atoms with E-state index in [-0.39, 0.29) is 6.03 Å². The lowest BCUT2D eigenvalue weighted by atomic mass is 10.3. The fraction of sp³-hybridized carbons (Fsp3) is 0.333. The molecular weight excluding hydrogens is 218 g/mol. The van der Waals surface area contributed by atoms with Gasteiger partial charge in [0.25, 0.3) is 0 Å². The number of oxazole rings is 1. The van der Waals surface area contributed by atoms with E-state index in [1.807, 2.05) is 6.92 Å². The minimum absolute atomic E-state index is 0.202. The van der Waals surface area contributed by atoms with Crippen molar-refractivity contribution in [3.63, 3.8) is 0 Å². The number of carbonyl (C=O) groups is 1. The van der Waals surface area contributed by atoms with Crippen LogP contribution in [0.25, 0.3) is 11.1 Å². The number of nitrogens with zero attached hydrogens (tertiary/aromatic N) is 1. The molecule has 1 aromatic carbocycles. The number of nitrogens with one attached hydrogen (secondary N) is 2. The van der Waals surface area contributed by atoms with Crippen LogP contribution < -0.4 is 10.6 Å². The summed E-state index contributed by atoms with van der Waals surface area (Å²) in [7, 11) is 0. The van der Waals surface area contributed by atoms with Crippen LogP contribution in [-0.2, 0) is 0 Å². The van der Waals surface area contributed by atoms with Gasteiger partial charge in [0.1, 0.15) is 5.52 Å². The van der Waals surface area contributed by atoms with Gasteiger partial charge in [0.05, 0.1) is 0 Å². The van der Waals surface area contributed by atoms with E-state index in [0.717, 1.165) is 17.5 Å². The van der Waals surface area contributed by atoms with Gasteiger partial charge < -0.3 is 15.1 Å². The highest BCUT2D eigenvalue weighted by atomic mass is 16.3. The van der Waals surface area contributed by atoms with E-state index in [9.17, 15) is 4.79 Å². The van der Waals surface area contributed by atoms with E-state index < -0.39 is 0 Å². The number of anilines is 1. The predicted molar refractivity (Wildman–Crippen MR) is 66.1 cm³/mol. The van der Waals surface area contributed by atoms with Gasteiger partial charge in [-0.2, -0.15) is 0 Å². The van der Waals surface area contributed by atoms with Crippen molar-refractivity contribution < 1.29 is 9.21 Å². The largest absolute Gasteiger partial charge is 0.441 e. The van der Waals surface area contributed by atoms with Gasteiger partial charge in [-0.05, 0) is 24.6 Å². The second-order valence-corrected chi connectivity index (χ2v) is 3.80. The highest BCUT2D eigenvalue weighted by Gasteiger charge is 2.05.